The van der Waals surface area contributed by atoms with Gasteiger partial charge in [-0.25, -0.2) is 0 Å². The Labute approximate surface area is 108 Å². The Kier molecular flexibility index (Phi) is 2.56. The summed E-state index contributed by atoms with van der Waals surface area (Å²) in [6.07, 6.45) is 0.849. The molecule has 1 aliphatic rings. The van der Waals surface area contributed by atoms with Crippen LogP contribution in [0.2, 0.25) is 0 Å². The average molecular weight is 293 g/mol. The van der Waals surface area contributed by atoms with Crippen LogP contribution < -0.4 is 5.73 Å². The van der Waals surface area contributed by atoms with Crippen molar-refractivity contribution in [2.75, 3.05) is 12.3 Å². The van der Waals surface area contributed by atoms with Crippen LogP contribution in [0.15, 0.2) is 16.6 Å². The summed E-state index contributed by atoms with van der Waals surface area (Å²) in [4.78, 5) is 4.75. The second-order valence-corrected chi connectivity index (χ2v) is 5.20. The molecule has 88 valence electrons. The fourth-order valence-electron chi connectivity index (χ4n) is 2.29. The summed E-state index contributed by atoms with van der Waals surface area (Å²) in [7, 11) is 0. The van der Waals surface area contributed by atoms with Crippen LogP contribution in [0.25, 0.3) is 10.9 Å². The molecule has 1 aromatic heterocycles. The standard InChI is InChI=1S/C13H13BrN2O/c1-7-2-3-9(14)11-12(15)8-6-17-5-4-10(8)16-13(7)11/h2-3H,4-6H2,1H3,(H2,15,16). The van der Waals surface area contributed by atoms with E-state index in [2.05, 4.69) is 28.9 Å². The third-order valence-electron chi connectivity index (χ3n) is 3.25. The van der Waals surface area contributed by atoms with Crippen molar-refractivity contribution >= 4 is 32.5 Å². The first-order valence-corrected chi connectivity index (χ1v) is 6.41. The van der Waals surface area contributed by atoms with E-state index in [4.69, 9.17) is 15.5 Å². The summed E-state index contributed by atoms with van der Waals surface area (Å²) in [5.41, 5.74) is 11.4. The first-order valence-electron chi connectivity index (χ1n) is 5.62. The fourth-order valence-corrected chi connectivity index (χ4v) is 2.82. The molecule has 2 N–H and O–H groups in total. The molecule has 0 spiro atoms. The largest absolute Gasteiger partial charge is 0.398 e. The molecule has 0 saturated carbocycles. The Morgan fingerprint density at radius 1 is 1.41 bits per heavy atom. The van der Waals surface area contributed by atoms with Gasteiger partial charge in [-0.15, -0.1) is 0 Å². The molecule has 1 aromatic carbocycles. The van der Waals surface area contributed by atoms with Gasteiger partial charge < -0.3 is 10.5 Å². The SMILES string of the molecule is Cc1ccc(Br)c2c(N)c3c(nc12)CCOC3. The monoisotopic (exact) mass is 292 g/mol. The third kappa shape index (κ3) is 1.63. The predicted molar refractivity (Wildman–Crippen MR) is 72.0 cm³/mol. The second kappa shape index (κ2) is 3.96. The van der Waals surface area contributed by atoms with Crippen molar-refractivity contribution in [2.24, 2.45) is 0 Å². The summed E-state index contributed by atoms with van der Waals surface area (Å²) < 4.78 is 6.46. The summed E-state index contributed by atoms with van der Waals surface area (Å²) in [6, 6.07) is 4.08. The molecule has 1 aliphatic heterocycles. The van der Waals surface area contributed by atoms with Crippen molar-refractivity contribution in [1.29, 1.82) is 0 Å². The van der Waals surface area contributed by atoms with Crippen molar-refractivity contribution < 1.29 is 4.74 Å². The van der Waals surface area contributed by atoms with E-state index in [1.54, 1.807) is 0 Å². The highest BCUT2D eigenvalue weighted by Gasteiger charge is 2.18. The van der Waals surface area contributed by atoms with Gasteiger partial charge in [-0.3, -0.25) is 4.98 Å². The van der Waals surface area contributed by atoms with Crippen LogP contribution in [0.4, 0.5) is 5.69 Å². The molecule has 0 fully saturated rings. The maximum Gasteiger partial charge on any atom is 0.0766 e. The number of ether oxygens (including phenoxy) is 1. The molecule has 4 heteroatoms. The van der Waals surface area contributed by atoms with Gasteiger partial charge in [-0.05, 0) is 18.6 Å². The molecule has 0 unspecified atom stereocenters. The molecule has 0 atom stereocenters. The zero-order chi connectivity index (χ0) is 12.0. The minimum atomic E-state index is 0.574. The lowest BCUT2D eigenvalue weighted by atomic mass is 10.0. The Morgan fingerprint density at radius 3 is 3.06 bits per heavy atom. The van der Waals surface area contributed by atoms with E-state index in [1.165, 1.54) is 0 Å². The molecule has 0 radical (unpaired) electrons. The van der Waals surface area contributed by atoms with Crippen molar-refractivity contribution in [3.05, 3.63) is 33.4 Å². The number of hydrogen-bond donors (Lipinski definition) is 1. The maximum absolute atomic E-state index is 6.26. The number of rotatable bonds is 0. The van der Waals surface area contributed by atoms with E-state index >= 15 is 0 Å². The topological polar surface area (TPSA) is 48.1 Å². The lowest BCUT2D eigenvalue weighted by Gasteiger charge is -2.20. The Bertz CT molecular complexity index is 610. The number of benzene rings is 1. The van der Waals surface area contributed by atoms with Crippen LogP contribution in [0.1, 0.15) is 16.8 Å². The number of aromatic nitrogens is 1. The number of anilines is 1. The van der Waals surface area contributed by atoms with Gasteiger partial charge in [0.05, 0.1) is 24.4 Å². The molecule has 17 heavy (non-hydrogen) atoms. The number of nitrogen functional groups attached to an aromatic ring is 1. The van der Waals surface area contributed by atoms with Gasteiger partial charge >= 0.3 is 0 Å². The van der Waals surface area contributed by atoms with Crippen molar-refractivity contribution in [1.82, 2.24) is 4.98 Å². The smallest absolute Gasteiger partial charge is 0.0766 e. The number of nitrogens with two attached hydrogens (primary N) is 1. The molecule has 2 aromatic rings. The van der Waals surface area contributed by atoms with Crippen molar-refractivity contribution in [3.8, 4) is 0 Å². The van der Waals surface area contributed by atoms with Crippen molar-refractivity contribution in [2.45, 2.75) is 20.0 Å². The minimum absolute atomic E-state index is 0.574. The molecule has 0 saturated heterocycles. The van der Waals surface area contributed by atoms with E-state index in [9.17, 15) is 0 Å². The molecular weight excluding hydrogens is 280 g/mol. The first kappa shape index (κ1) is 11.0. The summed E-state index contributed by atoms with van der Waals surface area (Å²) in [5.74, 6) is 0. The molecule has 0 amide bonds. The van der Waals surface area contributed by atoms with E-state index in [0.29, 0.717) is 6.61 Å². The zero-order valence-corrected chi connectivity index (χ0v) is 11.2. The van der Waals surface area contributed by atoms with Gasteiger partial charge in [0, 0.05) is 27.5 Å². The number of hydrogen-bond acceptors (Lipinski definition) is 3. The lowest BCUT2D eigenvalue weighted by molar-refractivity contribution is 0.110. The summed E-state index contributed by atoms with van der Waals surface area (Å²) in [5, 5.41) is 1.01. The van der Waals surface area contributed by atoms with Crippen molar-refractivity contribution in [3.63, 3.8) is 0 Å². The molecule has 0 aliphatic carbocycles. The predicted octanol–water partition coefficient (Wildman–Crippen LogP) is 2.96. The number of pyridine rings is 1. The lowest BCUT2D eigenvalue weighted by Crippen LogP contribution is -2.14. The van der Waals surface area contributed by atoms with Gasteiger partial charge in [0.25, 0.3) is 0 Å². The van der Waals surface area contributed by atoms with Gasteiger partial charge in [0.1, 0.15) is 0 Å². The zero-order valence-electron chi connectivity index (χ0n) is 9.59. The second-order valence-electron chi connectivity index (χ2n) is 4.34. The number of aryl methyl sites for hydroxylation is 1. The van der Waals surface area contributed by atoms with Crippen LogP contribution in [0, 0.1) is 6.92 Å². The van der Waals surface area contributed by atoms with E-state index in [0.717, 1.165) is 50.9 Å². The van der Waals surface area contributed by atoms with Gasteiger partial charge in [-0.2, -0.15) is 0 Å². The van der Waals surface area contributed by atoms with Crippen LogP contribution in [-0.2, 0) is 17.8 Å². The molecule has 3 rings (SSSR count). The normalized spacial score (nSPS) is 14.9. The van der Waals surface area contributed by atoms with E-state index in [1.807, 2.05) is 6.07 Å². The number of halogens is 1. The van der Waals surface area contributed by atoms with Gasteiger partial charge in [0.15, 0.2) is 0 Å². The van der Waals surface area contributed by atoms with E-state index < -0.39 is 0 Å². The minimum Gasteiger partial charge on any atom is -0.398 e. The fraction of sp³-hybridized carbons (Fsp3) is 0.308. The first-order chi connectivity index (χ1) is 8.18. The van der Waals surface area contributed by atoms with Crippen LogP contribution in [0.5, 0.6) is 0 Å². The third-order valence-corrected chi connectivity index (χ3v) is 3.91. The Balaban J connectivity index is 2.44. The quantitative estimate of drug-likeness (QED) is 0.812. The average Bonchev–Trinajstić information content (AvgIpc) is 2.34. The van der Waals surface area contributed by atoms with Crippen LogP contribution in [0.3, 0.4) is 0 Å². The highest BCUT2D eigenvalue weighted by atomic mass is 79.9. The van der Waals surface area contributed by atoms with Gasteiger partial charge in [-0.1, -0.05) is 22.0 Å². The highest BCUT2D eigenvalue weighted by molar-refractivity contribution is 9.10. The molecule has 3 nitrogen and oxygen atoms in total. The molecular formula is C13H13BrN2O. The molecule has 2 heterocycles. The van der Waals surface area contributed by atoms with Gasteiger partial charge in [0.2, 0.25) is 0 Å². The Hall–Kier alpha value is -1.13. The summed E-state index contributed by atoms with van der Waals surface area (Å²) >= 11 is 3.55. The van der Waals surface area contributed by atoms with E-state index in [-0.39, 0.29) is 0 Å². The summed E-state index contributed by atoms with van der Waals surface area (Å²) in [6.45, 7) is 3.37. The maximum atomic E-state index is 6.26. The van der Waals surface area contributed by atoms with Crippen LogP contribution in [-0.4, -0.2) is 11.6 Å². The molecule has 0 bridgehead atoms. The Morgan fingerprint density at radius 2 is 2.24 bits per heavy atom. The van der Waals surface area contributed by atoms with Crippen LogP contribution >= 0.6 is 15.9 Å². The number of fused-ring (bicyclic) bond motifs is 2. The number of nitrogens with zero attached hydrogens (tertiary/aromatic N) is 1. The highest BCUT2D eigenvalue weighted by Crippen LogP contribution is 2.35.